The van der Waals surface area contributed by atoms with Gasteiger partial charge in [-0.15, -0.1) is 0 Å². The van der Waals surface area contributed by atoms with Gasteiger partial charge in [-0.2, -0.15) is 0 Å². The molecular formula is C12H11ClFN3O2S. The molecule has 0 amide bonds. The van der Waals surface area contributed by atoms with E-state index in [1.807, 2.05) is 0 Å². The van der Waals surface area contributed by atoms with Crippen molar-refractivity contribution in [2.24, 2.45) is 5.14 Å². The topological polar surface area (TPSA) is 98.2 Å². The van der Waals surface area contributed by atoms with Gasteiger partial charge in [0.15, 0.2) is 0 Å². The molecule has 0 aromatic heterocycles. The van der Waals surface area contributed by atoms with Crippen molar-refractivity contribution in [1.29, 1.82) is 0 Å². The van der Waals surface area contributed by atoms with Crippen LogP contribution in [0.15, 0.2) is 41.3 Å². The van der Waals surface area contributed by atoms with Crippen molar-refractivity contribution in [3.05, 3.63) is 47.2 Å². The highest BCUT2D eigenvalue weighted by Gasteiger charge is 2.11. The Labute approximate surface area is 120 Å². The third-order valence-corrected chi connectivity index (χ3v) is 3.70. The van der Waals surface area contributed by atoms with Crippen LogP contribution in [0.25, 0.3) is 0 Å². The third-order valence-electron chi connectivity index (χ3n) is 2.55. The molecule has 0 aliphatic carbocycles. The third kappa shape index (κ3) is 3.19. The Hall–Kier alpha value is -1.83. The van der Waals surface area contributed by atoms with Crippen LogP contribution in [0.4, 0.5) is 21.5 Å². The number of hydrogen-bond donors (Lipinski definition) is 3. The second-order valence-corrected chi connectivity index (χ2v) is 6.04. The molecule has 0 spiro atoms. The molecule has 8 heteroatoms. The second-order valence-electron chi connectivity index (χ2n) is 4.04. The van der Waals surface area contributed by atoms with Crippen molar-refractivity contribution in [3.8, 4) is 0 Å². The predicted octanol–water partition coefficient (Wildman–Crippen LogP) is 2.45. The lowest BCUT2D eigenvalue weighted by Crippen LogP contribution is -2.12. The largest absolute Gasteiger partial charge is 0.397 e. The molecule has 0 saturated carbocycles. The number of hydrogen-bond acceptors (Lipinski definition) is 4. The molecule has 0 heterocycles. The Kier molecular flexibility index (Phi) is 3.85. The van der Waals surface area contributed by atoms with Gasteiger partial charge in [0, 0.05) is 5.02 Å². The van der Waals surface area contributed by atoms with Gasteiger partial charge < -0.3 is 11.1 Å². The van der Waals surface area contributed by atoms with E-state index in [9.17, 15) is 12.8 Å². The molecule has 0 saturated heterocycles. The van der Waals surface area contributed by atoms with E-state index in [1.165, 1.54) is 30.3 Å². The highest BCUT2D eigenvalue weighted by atomic mass is 35.5. The summed E-state index contributed by atoms with van der Waals surface area (Å²) in [7, 11) is -3.86. The average Bonchev–Trinajstić information content (AvgIpc) is 2.33. The van der Waals surface area contributed by atoms with Gasteiger partial charge in [-0.25, -0.2) is 17.9 Å². The number of nitrogens with one attached hydrogen (secondary N) is 1. The van der Waals surface area contributed by atoms with E-state index < -0.39 is 15.8 Å². The van der Waals surface area contributed by atoms with Crippen LogP contribution in [0.3, 0.4) is 0 Å². The van der Waals surface area contributed by atoms with Crippen molar-refractivity contribution < 1.29 is 12.8 Å². The summed E-state index contributed by atoms with van der Waals surface area (Å²) < 4.78 is 36.2. The summed E-state index contributed by atoms with van der Waals surface area (Å²) in [6.45, 7) is 0. The minimum atomic E-state index is -3.86. The van der Waals surface area contributed by atoms with Crippen LogP contribution in [0.1, 0.15) is 0 Å². The summed E-state index contributed by atoms with van der Waals surface area (Å²) in [5.74, 6) is -0.585. The monoisotopic (exact) mass is 315 g/mol. The molecule has 2 rings (SSSR count). The van der Waals surface area contributed by atoms with Gasteiger partial charge >= 0.3 is 0 Å². The Bertz CT molecular complexity index is 765. The summed E-state index contributed by atoms with van der Waals surface area (Å²) in [4.78, 5) is -0.122. The molecule has 0 aliphatic rings. The van der Waals surface area contributed by atoms with Crippen molar-refractivity contribution in [3.63, 3.8) is 0 Å². The SMILES string of the molecule is Nc1ccc(S(N)(=O)=O)cc1Nc1ccc(Cl)cc1F. The van der Waals surface area contributed by atoms with Gasteiger partial charge in [-0.3, -0.25) is 0 Å². The summed E-state index contributed by atoms with van der Waals surface area (Å²) in [6.07, 6.45) is 0. The minimum Gasteiger partial charge on any atom is -0.397 e. The Morgan fingerprint density at radius 2 is 1.80 bits per heavy atom. The molecule has 0 aliphatic heterocycles. The van der Waals surface area contributed by atoms with Crippen LogP contribution < -0.4 is 16.2 Å². The minimum absolute atomic E-state index is 0.118. The lowest BCUT2D eigenvalue weighted by Gasteiger charge is -2.11. The van der Waals surface area contributed by atoms with E-state index >= 15 is 0 Å². The summed E-state index contributed by atoms with van der Waals surface area (Å²) in [6, 6.07) is 7.92. The fourth-order valence-corrected chi connectivity index (χ4v) is 2.26. The molecule has 0 radical (unpaired) electrons. The van der Waals surface area contributed by atoms with Crippen LogP contribution in [0.5, 0.6) is 0 Å². The first-order valence-electron chi connectivity index (χ1n) is 5.42. The number of rotatable bonds is 3. The number of anilines is 3. The zero-order valence-electron chi connectivity index (χ0n) is 10.1. The van der Waals surface area contributed by atoms with Crippen molar-refractivity contribution in [1.82, 2.24) is 0 Å². The van der Waals surface area contributed by atoms with Gasteiger partial charge in [0.2, 0.25) is 10.0 Å². The highest BCUT2D eigenvalue weighted by molar-refractivity contribution is 7.89. The number of benzene rings is 2. The zero-order valence-corrected chi connectivity index (χ0v) is 11.7. The van der Waals surface area contributed by atoms with E-state index in [2.05, 4.69) is 5.32 Å². The first-order chi connectivity index (χ1) is 9.27. The average molecular weight is 316 g/mol. The predicted molar refractivity (Wildman–Crippen MR) is 76.9 cm³/mol. The van der Waals surface area contributed by atoms with Gasteiger partial charge in [0.05, 0.1) is 22.0 Å². The molecule has 0 atom stereocenters. The molecule has 0 unspecified atom stereocenters. The maximum absolute atomic E-state index is 13.7. The summed E-state index contributed by atoms with van der Waals surface area (Å²) in [5.41, 5.74) is 6.32. The van der Waals surface area contributed by atoms with Crippen LogP contribution >= 0.6 is 11.6 Å². The number of nitrogens with two attached hydrogens (primary N) is 2. The van der Waals surface area contributed by atoms with Crippen molar-refractivity contribution in [2.75, 3.05) is 11.1 Å². The van der Waals surface area contributed by atoms with Crippen LogP contribution in [-0.4, -0.2) is 8.42 Å². The Balaban J connectivity index is 2.43. The van der Waals surface area contributed by atoms with E-state index in [0.717, 1.165) is 6.07 Å². The first-order valence-corrected chi connectivity index (χ1v) is 7.34. The Morgan fingerprint density at radius 3 is 2.40 bits per heavy atom. The maximum atomic E-state index is 13.7. The fraction of sp³-hybridized carbons (Fsp3) is 0. The molecule has 0 bridgehead atoms. The van der Waals surface area contributed by atoms with E-state index in [4.69, 9.17) is 22.5 Å². The molecule has 2 aromatic carbocycles. The Morgan fingerprint density at radius 1 is 1.10 bits per heavy atom. The van der Waals surface area contributed by atoms with E-state index in [-0.39, 0.29) is 27.0 Å². The molecule has 20 heavy (non-hydrogen) atoms. The number of halogens is 2. The summed E-state index contributed by atoms with van der Waals surface area (Å²) in [5, 5.41) is 7.98. The molecule has 5 N–H and O–H groups in total. The number of primary sulfonamides is 1. The van der Waals surface area contributed by atoms with Crippen LogP contribution in [0.2, 0.25) is 5.02 Å². The van der Waals surface area contributed by atoms with Gasteiger partial charge in [0.25, 0.3) is 0 Å². The highest BCUT2D eigenvalue weighted by Crippen LogP contribution is 2.28. The van der Waals surface area contributed by atoms with Crippen molar-refractivity contribution >= 4 is 38.7 Å². The van der Waals surface area contributed by atoms with Crippen LogP contribution in [0, 0.1) is 5.82 Å². The second kappa shape index (κ2) is 5.28. The normalized spacial score (nSPS) is 11.3. The molecule has 2 aromatic rings. The first kappa shape index (κ1) is 14.6. The number of sulfonamides is 1. The fourth-order valence-electron chi connectivity index (χ4n) is 1.56. The lowest BCUT2D eigenvalue weighted by molar-refractivity contribution is 0.598. The standard InChI is InChI=1S/C12H11ClFN3O2S/c13-7-1-4-11(9(14)5-7)17-12-6-8(20(16,18)19)2-3-10(12)15/h1-6,17H,15H2,(H2,16,18,19). The van der Waals surface area contributed by atoms with Crippen molar-refractivity contribution in [2.45, 2.75) is 4.90 Å². The molecule has 5 nitrogen and oxygen atoms in total. The zero-order chi connectivity index (χ0) is 14.9. The molecule has 0 fully saturated rings. The van der Waals surface area contributed by atoms with E-state index in [1.54, 1.807) is 0 Å². The smallest absolute Gasteiger partial charge is 0.238 e. The lowest BCUT2D eigenvalue weighted by atomic mass is 10.2. The van der Waals surface area contributed by atoms with Gasteiger partial charge in [-0.1, -0.05) is 11.6 Å². The van der Waals surface area contributed by atoms with E-state index in [0.29, 0.717) is 0 Å². The molecular weight excluding hydrogens is 305 g/mol. The van der Waals surface area contributed by atoms with Crippen LogP contribution in [-0.2, 0) is 10.0 Å². The van der Waals surface area contributed by atoms with Gasteiger partial charge in [0.1, 0.15) is 5.82 Å². The number of nitrogen functional groups attached to an aromatic ring is 1. The quantitative estimate of drug-likeness (QED) is 0.758. The van der Waals surface area contributed by atoms with Gasteiger partial charge in [-0.05, 0) is 36.4 Å². The summed E-state index contributed by atoms with van der Waals surface area (Å²) >= 11 is 5.65. The maximum Gasteiger partial charge on any atom is 0.238 e. The molecule has 106 valence electrons.